The van der Waals surface area contributed by atoms with Gasteiger partial charge in [0, 0.05) is 11.8 Å². The number of halogens is 2. The Balaban J connectivity index is 1.60. The molecule has 130 valence electrons. The highest BCUT2D eigenvalue weighted by atomic mass is 32.1. The van der Waals surface area contributed by atoms with Crippen LogP contribution in [0.3, 0.4) is 0 Å². The molecule has 0 unspecified atom stereocenters. The van der Waals surface area contributed by atoms with Crippen LogP contribution in [0.4, 0.5) is 20.2 Å². The van der Waals surface area contributed by atoms with Gasteiger partial charge in [-0.15, -0.1) is 0 Å². The lowest BCUT2D eigenvalue weighted by atomic mass is 10.1. The monoisotopic (exact) mass is 366 g/mol. The van der Waals surface area contributed by atoms with E-state index in [0.29, 0.717) is 0 Å². The molecule has 3 aromatic carbocycles. The fraction of sp³-hybridized carbons (Fsp3) is 0. The zero-order valence-electron chi connectivity index (χ0n) is 13.7. The quantitative estimate of drug-likeness (QED) is 0.441. The minimum absolute atomic E-state index is 0.117. The molecular formula is C21H16F2N2S. The van der Waals surface area contributed by atoms with Crippen LogP contribution >= 0.6 is 12.2 Å². The van der Waals surface area contributed by atoms with E-state index in [9.17, 15) is 8.78 Å². The summed E-state index contributed by atoms with van der Waals surface area (Å²) in [5.41, 5.74) is 3.05. The summed E-state index contributed by atoms with van der Waals surface area (Å²) in [4.78, 5) is 0. The van der Waals surface area contributed by atoms with Crippen molar-refractivity contribution in [1.29, 1.82) is 0 Å². The molecule has 2 N–H and O–H groups in total. The molecule has 3 aromatic rings. The molecule has 0 aromatic heterocycles. The molecule has 3 rings (SSSR count). The Hall–Kier alpha value is -3.05. The Bertz CT molecular complexity index is 923. The summed E-state index contributed by atoms with van der Waals surface area (Å²) in [5, 5.41) is 5.91. The van der Waals surface area contributed by atoms with E-state index in [1.54, 1.807) is 0 Å². The fourth-order valence-corrected chi connectivity index (χ4v) is 2.54. The molecule has 0 fully saturated rings. The molecule has 26 heavy (non-hydrogen) atoms. The van der Waals surface area contributed by atoms with Crippen LogP contribution in [-0.4, -0.2) is 5.11 Å². The average Bonchev–Trinajstić information content (AvgIpc) is 2.64. The van der Waals surface area contributed by atoms with E-state index in [2.05, 4.69) is 10.6 Å². The van der Waals surface area contributed by atoms with Crippen LogP contribution in [0.25, 0.3) is 12.2 Å². The lowest BCUT2D eigenvalue weighted by Crippen LogP contribution is -2.19. The second-order valence-electron chi connectivity index (χ2n) is 5.57. The molecule has 0 heterocycles. The second kappa shape index (κ2) is 8.36. The summed E-state index contributed by atoms with van der Waals surface area (Å²) >= 11 is 5.16. The first-order valence-electron chi connectivity index (χ1n) is 7.96. The van der Waals surface area contributed by atoms with Gasteiger partial charge in [0.2, 0.25) is 0 Å². The van der Waals surface area contributed by atoms with Crippen LogP contribution in [-0.2, 0) is 0 Å². The summed E-state index contributed by atoms with van der Waals surface area (Å²) in [6.45, 7) is 0. The number of benzene rings is 3. The summed E-state index contributed by atoms with van der Waals surface area (Å²) in [6, 6.07) is 20.9. The smallest absolute Gasteiger partial charge is 0.175 e. The molecule has 0 aliphatic carbocycles. The molecule has 5 heteroatoms. The van der Waals surface area contributed by atoms with Gasteiger partial charge in [0.05, 0.1) is 5.69 Å². The van der Waals surface area contributed by atoms with Crippen molar-refractivity contribution >= 4 is 40.9 Å². The maximum Gasteiger partial charge on any atom is 0.175 e. The lowest BCUT2D eigenvalue weighted by Gasteiger charge is -2.11. The molecule has 0 radical (unpaired) electrons. The van der Waals surface area contributed by atoms with E-state index in [1.165, 1.54) is 12.1 Å². The Morgan fingerprint density at radius 2 is 1.42 bits per heavy atom. The predicted molar refractivity (Wildman–Crippen MR) is 108 cm³/mol. The van der Waals surface area contributed by atoms with Crippen LogP contribution in [0.2, 0.25) is 0 Å². The molecular weight excluding hydrogens is 350 g/mol. The third-order valence-electron chi connectivity index (χ3n) is 3.62. The number of hydrogen-bond acceptors (Lipinski definition) is 1. The summed E-state index contributed by atoms with van der Waals surface area (Å²) < 4.78 is 26.5. The first kappa shape index (κ1) is 17.8. The number of thiocarbonyl (C=S) groups is 1. The van der Waals surface area contributed by atoms with Crippen LogP contribution < -0.4 is 10.6 Å². The third-order valence-corrected chi connectivity index (χ3v) is 3.82. The molecule has 0 spiro atoms. The van der Waals surface area contributed by atoms with E-state index >= 15 is 0 Å². The van der Waals surface area contributed by atoms with Gasteiger partial charge < -0.3 is 10.6 Å². The summed E-state index contributed by atoms with van der Waals surface area (Å²) in [5.74, 6) is -1.33. The average molecular weight is 366 g/mol. The third kappa shape index (κ3) is 4.97. The van der Waals surface area contributed by atoms with Gasteiger partial charge >= 0.3 is 0 Å². The molecule has 2 nitrogen and oxygen atoms in total. The number of hydrogen-bond donors (Lipinski definition) is 2. The second-order valence-corrected chi connectivity index (χ2v) is 5.98. The molecule has 0 bridgehead atoms. The molecule has 0 aliphatic rings. The normalized spacial score (nSPS) is 10.7. The van der Waals surface area contributed by atoms with Crippen LogP contribution in [0.5, 0.6) is 0 Å². The van der Waals surface area contributed by atoms with Crippen LogP contribution in [0.15, 0.2) is 72.8 Å². The van der Waals surface area contributed by atoms with E-state index in [1.807, 2.05) is 66.7 Å². The highest BCUT2D eigenvalue weighted by Crippen LogP contribution is 2.17. The topological polar surface area (TPSA) is 24.1 Å². The Morgan fingerprint density at radius 3 is 2.08 bits per heavy atom. The van der Waals surface area contributed by atoms with Crippen molar-refractivity contribution in [2.45, 2.75) is 0 Å². The molecule has 0 saturated carbocycles. The largest absolute Gasteiger partial charge is 0.332 e. The number of nitrogens with one attached hydrogen (secondary N) is 2. The number of rotatable bonds is 4. The van der Waals surface area contributed by atoms with Gasteiger partial charge in [0.15, 0.2) is 5.11 Å². The maximum absolute atomic E-state index is 13.6. The van der Waals surface area contributed by atoms with E-state index in [-0.39, 0.29) is 10.8 Å². The molecule has 0 saturated heterocycles. The number of anilines is 2. The van der Waals surface area contributed by atoms with Crippen LogP contribution in [0, 0.1) is 11.6 Å². The maximum atomic E-state index is 13.6. The van der Waals surface area contributed by atoms with Crippen molar-refractivity contribution in [3.63, 3.8) is 0 Å². The van der Waals surface area contributed by atoms with E-state index in [0.717, 1.165) is 22.9 Å². The van der Waals surface area contributed by atoms with Gasteiger partial charge in [-0.2, -0.15) is 0 Å². The highest BCUT2D eigenvalue weighted by molar-refractivity contribution is 7.80. The first-order valence-corrected chi connectivity index (χ1v) is 8.37. The molecule has 0 amide bonds. The van der Waals surface area contributed by atoms with Crippen molar-refractivity contribution in [3.8, 4) is 0 Å². The lowest BCUT2D eigenvalue weighted by molar-refractivity contribution is 0.586. The van der Waals surface area contributed by atoms with Crippen molar-refractivity contribution in [1.82, 2.24) is 0 Å². The van der Waals surface area contributed by atoms with E-state index < -0.39 is 11.6 Å². The van der Waals surface area contributed by atoms with Gasteiger partial charge in [-0.25, -0.2) is 8.78 Å². The van der Waals surface area contributed by atoms with Gasteiger partial charge in [-0.1, -0.05) is 54.6 Å². The van der Waals surface area contributed by atoms with Crippen molar-refractivity contribution < 1.29 is 8.78 Å². The Kier molecular flexibility index (Phi) is 5.71. The van der Waals surface area contributed by atoms with Gasteiger partial charge in [-0.05, 0) is 47.6 Å². The Morgan fingerprint density at radius 1 is 0.769 bits per heavy atom. The van der Waals surface area contributed by atoms with Gasteiger partial charge in [0.1, 0.15) is 11.6 Å². The van der Waals surface area contributed by atoms with Crippen molar-refractivity contribution in [2.75, 3.05) is 10.6 Å². The zero-order chi connectivity index (χ0) is 18.4. The molecule has 0 aliphatic heterocycles. The minimum atomic E-state index is -0.699. The standard InChI is InChI=1S/C21H16F2N2S/c22-17-10-13-20(19(23)14-17)25-21(26)24-18-11-8-16(9-12-18)7-6-15-4-2-1-3-5-15/h1-14H,(H2,24,25,26)/b7-6+. The zero-order valence-corrected chi connectivity index (χ0v) is 14.6. The Labute approximate surface area is 156 Å². The van der Waals surface area contributed by atoms with E-state index in [4.69, 9.17) is 12.2 Å². The predicted octanol–water partition coefficient (Wildman–Crippen LogP) is 5.94. The molecule has 0 atom stereocenters. The summed E-state index contributed by atoms with van der Waals surface area (Å²) in [7, 11) is 0. The van der Waals surface area contributed by atoms with Gasteiger partial charge in [0.25, 0.3) is 0 Å². The highest BCUT2D eigenvalue weighted by Gasteiger charge is 2.05. The summed E-state index contributed by atoms with van der Waals surface area (Å²) in [6.07, 6.45) is 4.05. The van der Waals surface area contributed by atoms with Crippen molar-refractivity contribution in [2.24, 2.45) is 0 Å². The van der Waals surface area contributed by atoms with Crippen molar-refractivity contribution in [3.05, 3.63) is 95.6 Å². The fourth-order valence-electron chi connectivity index (χ4n) is 2.31. The SMILES string of the molecule is Fc1ccc(NC(=S)Nc2ccc(/C=C/c3ccccc3)cc2)c(F)c1. The van der Waals surface area contributed by atoms with Gasteiger partial charge in [-0.3, -0.25) is 0 Å². The van der Waals surface area contributed by atoms with Crippen LogP contribution in [0.1, 0.15) is 11.1 Å². The first-order chi connectivity index (χ1) is 12.6. The minimum Gasteiger partial charge on any atom is -0.332 e.